The highest BCUT2D eigenvalue weighted by molar-refractivity contribution is 6.00. The minimum Gasteiger partial charge on any atom is -0.462 e. The van der Waals surface area contributed by atoms with Crippen molar-refractivity contribution in [2.75, 3.05) is 52.6 Å². The Bertz CT molecular complexity index is 677. The van der Waals surface area contributed by atoms with Crippen molar-refractivity contribution >= 4 is 11.9 Å². The van der Waals surface area contributed by atoms with E-state index in [0.29, 0.717) is 68.6 Å². The number of nitrogens with zero attached hydrogens (tertiary/aromatic N) is 1. The van der Waals surface area contributed by atoms with Gasteiger partial charge in [0.1, 0.15) is 11.3 Å². The molecular formula is C18H27N3O5. The molecule has 144 valence electrons. The Kier molecular flexibility index (Phi) is 5.64. The lowest BCUT2D eigenvalue weighted by Gasteiger charge is -2.41. The van der Waals surface area contributed by atoms with E-state index in [9.17, 15) is 9.59 Å². The molecular weight excluding hydrogens is 338 g/mol. The van der Waals surface area contributed by atoms with Gasteiger partial charge in [-0.25, -0.2) is 4.79 Å². The molecule has 26 heavy (non-hydrogen) atoms. The largest absolute Gasteiger partial charge is 0.462 e. The van der Waals surface area contributed by atoms with E-state index in [1.54, 1.807) is 25.7 Å². The quantitative estimate of drug-likeness (QED) is 0.764. The molecule has 0 aromatic carbocycles. The topological polar surface area (TPSA) is 92.9 Å². The van der Waals surface area contributed by atoms with Crippen LogP contribution in [0.5, 0.6) is 0 Å². The summed E-state index contributed by atoms with van der Waals surface area (Å²) in [6.45, 7) is 9.54. The molecule has 1 amide bonds. The third kappa shape index (κ3) is 3.62. The van der Waals surface area contributed by atoms with Gasteiger partial charge in [0.2, 0.25) is 0 Å². The van der Waals surface area contributed by atoms with Crippen LogP contribution in [0.4, 0.5) is 0 Å². The lowest BCUT2D eigenvalue weighted by molar-refractivity contribution is -0.125. The van der Waals surface area contributed by atoms with Gasteiger partial charge in [-0.1, -0.05) is 0 Å². The number of rotatable bonds is 3. The Hall–Kier alpha value is -1.90. The number of amides is 1. The first-order valence-electron chi connectivity index (χ1n) is 9.05. The van der Waals surface area contributed by atoms with E-state index in [0.717, 1.165) is 6.54 Å². The van der Waals surface area contributed by atoms with Crippen LogP contribution in [0, 0.1) is 13.8 Å². The maximum Gasteiger partial charge on any atom is 0.340 e. The summed E-state index contributed by atoms with van der Waals surface area (Å²) in [7, 11) is 0. The zero-order valence-electron chi connectivity index (χ0n) is 15.6. The van der Waals surface area contributed by atoms with Crippen molar-refractivity contribution in [1.82, 2.24) is 15.2 Å². The first-order valence-corrected chi connectivity index (χ1v) is 9.05. The highest BCUT2D eigenvalue weighted by atomic mass is 16.5. The molecule has 1 atom stereocenters. The zero-order valence-corrected chi connectivity index (χ0v) is 15.6. The first-order chi connectivity index (χ1) is 12.5. The van der Waals surface area contributed by atoms with Crippen molar-refractivity contribution < 1.29 is 23.8 Å². The number of hydrogen-bond acceptors (Lipinski definition) is 6. The third-order valence-corrected chi connectivity index (χ3v) is 4.90. The first kappa shape index (κ1) is 18.9. The molecule has 0 aliphatic carbocycles. The number of hydrogen-bond donors (Lipinski definition) is 2. The average molecular weight is 365 g/mol. The van der Waals surface area contributed by atoms with Crippen LogP contribution in [0.2, 0.25) is 0 Å². The number of carbonyl (C=O) groups excluding carboxylic acids is 2. The molecule has 2 saturated heterocycles. The SMILES string of the molecule is CCOC(=O)c1c(C)[nH]c(C(=O)N2CCO[C@@]3(CNCCOC3)C2)c1C. The molecule has 0 radical (unpaired) electrons. The van der Waals surface area contributed by atoms with Crippen LogP contribution in [-0.4, -0.2) is 80.0 Å². The van der Waals surface area contributed by atoms with Gasteiger partial charge in [-0.3, -0.25) is 4.79 Å². The molecule has 2 aliphatic rings. The molecule has 2 fully saturated rings. The second-order valence-electron chi connectivity index (χ2n) is 6.83. The molecule has 1 aromatic rings. The van der Waals surface area contributed by atoms with Crippen LogP contribution in [0.15, 0.2) is 0 Å². The molecule has 2 N–H and O–H groups in total. The lowest BCUT2D eigenvalue weighted by Crippen LogP contribution is -2.59. The maximum absolute atomic E-state index is 13.1. The minimum absolute atomic E-state index is 0.131. The molecule has 0 saturated carbocycles. The second-order valence-corrected chi connectivity index (χ2v) is 6.83. The average Bonchev–Trinajstić information content (AvgIpc) is 2.77. The fourth-order valence-corrected chi connectivity index (χ4v) is 3.61. The van der Waals surface area contributed by atoms with E-state index in [-0.39, 0.29) is 5.91 Å². The van der Waals surface area contributed by atoms with Crippen LogP contribution >= 0.6 is 0 Å². The fourth-order valence-electron chi connectivity index (χ4n) is 3.61. The lowest BCUT2D eigenvalue weighted by atomic mass is 10.0. The standard InChI is InChI=1S/C18H27N3O5/c1-4-25-17(23)14-12(2)15(20-13(14)3)16(22)21-6-8-26-18(10-21)9-19-5-7-24-11-18/h19-20H,4-11H2,1-3H3/t18-/m0/s1. The summed E-state index contributed by atoms with van der Waals surface area (Å²) in [6.07, 6.45) is 0. The molecule has 1 aromatic heterocycles. The van der Waals surface area contributed by atoms with Gasteiger partial charge in [-0.2, -0.15) is 0 Å². The summed E-state index contributed by atoms with van der Waals surface area (Å²) in [4.78, 5) is 30.1. The van der Waals surface area contributed by atoms with Crippen LogP contribution in [0.25, 0.3) is 0 Å². The number of morpholine rings is 1. The summed E-state index contributed by atoms with van der Waals surface area (Å²) in [6, 6.07) is 0. The normalized spacial score (nSPS) is 23.7. The molecule has 8 heteroatoms. The maximum atomic E-state index is 13.1. The Morgan fingerprint density at radius 2 is 2.12 bits per heavy atom. The van der Waals surface area contributed by atoms with Gasteiger partial charge in [0, 0.05) is 25.3 Å². The van der Waals surface area contributed by atoms with E-state index in [2.05, 4.69) is 10.3 Å². The van der Waals surface area contributed by atoms with Crippen LogP contribution < -0.4 is 5.32 Å². The summed E-state index contributed by atoms with van der Waals surface area (Å²) in [5.41, 5.74) is 1.63. The molecule has 3 heterocycles. The van der Waals surface area contributed by atoms with Crippen molar-refractivity contribution in [1.29, 1.82) is 0 Å². The Balaban J connectivity index is 1.80. The zero-order chi connectivity index (χ0) is 18.7. The monoisotopic (exact) mass is 365 g/mol. The number of ether oxygens (including phenoxy) is 3. The Morgan fingerprint density at radius 3 is 2.88 bits per heavy atom. The molecule has 1 spiro atoms. The van der Waals surface area contributed by atoms with Gasteiger partial charge < -0.3 is 29.4 Å². The number of carbonyl (C=O) groups is 2. The predicted molar refractivity (Wildman–Crippen MR) is 94.5 cm³/mol. The van der Waals surface area contributed by atoms with Crippen molar-refractivity contribution in [2.24, 2.45) is 0 Å². The van der Waals surface area contributed by atoms with E-state index < -0.39 is 11.6 Å². The van der Waals surface area contributed by atoms with Gasteiger partial charge in [0.25, 0.3) is 5.91 Å². The van der Waals surface area contributed by atoms with Crippen molar-refractivity contribution in [3.8, 4) is 0 Å². The number of aryl methyl sites for hydroxylation is 1. The van der Waals surface area contributed by atoms with E-state index in [4.69, 9.17) is 14.2 Å². The second kappa shape index (κ2) is 7.77. The number of esters is 1. The predicted octanol–water partition coefficient (Wildman–Crippen LogP) is 0.639. The molecule has 3 rings (SSSR count). The van der Waals surface area contributed by atoms with E-state index in [1.165, 1.54) is 0 Å². The molecule has 0 bridgehead atoms. The van der Waals surface area contributed by atoms with Gasteiger partial charge in [0.05, 0.1) is 38.5 Å². The van der Waals surface area contributed by atoms with Crippen LogP contribution in [0.1, 0.15) is 39.0 Å². The summed E-state index contributed by atoms with van der Waals surface area (Å²) in [5, 5.41) is 3.30. The highest BCUT2D eigenvalue weighted by Gasteiger charge is 2.40. The van der Waals surface area contributed by atoms with Gasteiger partial charge in [-0.15, -0.1) is 0 Å². The summed E-state index contributed by atoms with van der Waals surface area (Å²) < 4.78 is 16.7. The van der Waals surface area contributed by atoms with E-state index in [1.807, 2.05) is 0 Å². The summed E-state index contributed by atoms with van der Waals surface area (Å²) >= 11 is 0. The number of nitrogens with one attached hydrogen (secondary N) is 2. The van der Waals surface area contributed by atoms with Crippen LogP contribution in [-0.2, 0) is 14.2 Å². The third-order valence-electron chi connectivity index (χ3n) is 4.90. The van der Waals surface area contributed by atoms with Crippen molar-refractivity contribution in [2.45, 2.75) is 26.4 Å². The molecule has 8 nitrogen and oxygen atoms in total. The molecule has 2 aliphatic heterocycles. The minimum atomic E-state index is -0.524. The Labute approximate surface area is 153 Å². The number of aromatic nitrogens is 1. The van der Waals surface area contributed by atoms with Gasteiger partial charge >= 0.3 is 5.97 Å². The number of aromatic amines is 1. The van der Waals surface area contributed by atoms with Crippen molar-refractivity contribution in [3.05, 3.63) is 22.5 Å². The molecule has 0 unspecified atom stereocenters. The Morgan fingerprint density at radius 1 is 1.31 bits per heavy atom. The summed E-state index contributed by atoms with van der Waals surface area (Å²) in [5.74, 6) is -0.536. The van der Waals surface area contributed by atoms with Gasteiger partial charge in [-0.05, 0) is 26.3 Å². The smallest absolute Gasteiger partial charge is 0.340 e. The fraction of sp³-hybridized carbons (Fsp3) is 0.667. The van der Waals surface area contributed by atoms with Gasteiger partial charge in [0.15, 0.2) is 0 Å². The van der Waals surface area contributed by atoms with E-state index >= 15 is 0 Å². The van der Waals surface area contributed by atoms with Crippen LogP contribution in [0.3, 0.4) is 0 Å². The van der Waals surface area contributed by atoms with Crippen molar-refractivity contribution in [3.63, 3.8) is 0 Å². The highest BCUT2D eigenvalue weighted by Crippen LogP contribution is 2.24. The number of H-pyrrole nitrogens is 1.